The van der Waals surface area contributed by atoms with Crippen LogP contribution in [0.4, 0.5) is 22.9 Å². The van der Waals surface area contributed by atoms with Crippen LogP contribution in [0.15, 0.2) is 67.9 Å². The molecule has 0 unspecified atom stereocenters. The van der Waals surface area contributed by atoms with E-state index in [0.717, 1.165) is 48.5 Å². The number of fused-ring (bicyclic) bond motifs is 2. The number of carbonyl (C=O) groups is 1. The fraction of sp³-hybridized carbons (Fsp3) is 0.233. The van der Waals surface area contributed by atoms with Crippen LogP contribution < -0.4 is 25.0 Å². The zero-order valence-corrected chi connectivity index (χ0v) is 23.1. The van der Waals surface area contributed by atoms with Crippen molar-refractivity contribution in [2.24, 2.45) is 5.41 Å². The van der Waals surface area contributed by atoms with E-state index in [1.165, 1.54) is 18.7 Å². The quantitative estimate of drug-likeness (QED) is 0.260. The largest absolute Gasteiger partial charge is 0.494 e. The molecule has 2 N–H and O–H groups in total. The SMILES string of the molecule is C=CC(=O)Nc1cc2c(Nc3cc(C)c(Oc4ccn5ncnc5c4)cc3OC)ncnc2cc1N1CC2(COC2)C1. The molecule has 0 bridgehead atoms. The van der Waals surface area contributed by atoms with E-state index in [0.29, 0.717) is 40.1 Å². The zero-order chi connectivity index (χ0) is 28.8. The summed E-state index contributed by atoms with van der Waals surface area (Å²) in [7, 11) is 1.60. The van der Waals surface area contributed by atoms with Crippen molar-refractivity contribution in [1.82, 2.24) is 24.6 Å². The Kier molecular flexibility index (Phi) is 6.12. The van der Waals surface area contributed by atoms with Gasteiger partial charge in [-0.3, -0.25) is 4.79 Å². The third-order valence-corrected chi connectivity index (χ3v) is 7.64. The number of nitrogens with zero attached hydrogens (tertiary/aromatic N) is 6. The van der Waals surface area contributed by atoms with Crippen LogP contribution >= 0.6 is 0 Å². The molecule has 12 nitrogen and oxygen atoms in total. The van der Waals surface area contributed by atoms with Gasteiger partial charge in [-0.15, -0.1) is 0 Å². The van der Waals surface area contributed by atoms with E-state index in [1.807, 2.05) is 43.3 Å². The van der Waals surface area contributed by atoms with Crippen molar-refractivity contribution in [2.75, 3.05) is 48.9 Å². The Morgan fingerprint density at radius 3 is 2.69 bits per heavy atom. The normalized spacial score (nSPS) is 15.2. The third-order valence-electron chi connectivity index (χ3n) is 7.64. The molecule has 2 saturated heterocycles. The van der Waals surface area contributed by atoms with Crippen molar-refractivity contribution in [2.45, 2.75) is 6.92 Å². The molecular formula is C30H28N8O4. The van der Waals surface area contributed by atoms with Gasteiger partial charge < -0.3 is 29.7 Å². The Morgan fingerprint density at radius 2 is 1.93 bits per heavy atom. The molecule has 1 spiro atoms. The summed E-state index contributed by atoms with van der Waals surface area (Å²) in [4.78, 5) is 27.9. The van der Waals surface area contributed by atoms with Gasteiger partial charge in [0.15, 0.2) is 5.65 Å². The fourth-order valence-electron chi connectivity index (χ4n) is 5.40. The number of anilines is 4. The van der Waals surface area contributed by atoms with Crippen LogP contribution in [0.25, 0.3) is 16.6 Å². The van der Waals surface area contributed by atoms with E-state index < -0.39 is 0 Å². The Bertz CT molecular complexity index is 1860. The lowest BCUT2D eigenvalue weighted by atomic mass is 9.77. The van der Waals surface area contributed by atoms with E-state index in [4.69, 9.17) is 14.2 Å². The monoisotopic (exact) mass is 564 g/mol. The number of nitrogens with one attached hydrogen (secondary N) is 2. The van der Waals surface area contributed by atoms with Crippen LogP contribution in [0.3, 0.4) is 0 Å². The molecule has 2 aromatic carbocycles. The Hall–Kier alpha value is -5.23. The van der Waals surface area contributed by atoms with Gasteiger partial charge in [0.1, 0.15) is 35.7 Å². The van der Waals surface area contributed by atoms with Gasteiger partial charge in [-0.05, 0) is 42.8 Å². The average molecular weight is 565 g/mol. The van der Waals surface area contributed by atoms with Crippen molar-refractivity contribution in [3.05, 3.63) is 73.5 Å². The second kappa shape index (κ2) is 10.00. The summed E-state index contributed by atoms with van der Waals surface area (Å²) in [5, 5.41) is 11.2. The minimum Gasteiger partial charge on any atom is -0.494 e. The number of rotatable bonds is 8. The van der Waals surface area contributed by atoms with Gasteiger partial charge in [0.05, 0.1) is 48.3 Å². The van der Waals surface area contributed by atoms with Crippen LogP contribution in [0.2, 0.25) is 0 Å². The lowest BCUT2D eigenvalue weighted by Crippen LogP contribution is -2.66. The van der Waals surface area contributed by atoms with Gasteiger partial charge in [-0.1, -0.05) is 6.58 Å². The van der Waals surface area contributed by atoms with Crippen LogP contribution in [0, 0.1) is 12.3 Å². The van der Waals surface area contributed by atoms with Gasteiger partial charge in [0.25, 0.3) is 0 Å². The summed E-state index contributed by atoms with van der Waals surface area (Å²) in [5.74, 6) is 2.11. The number of carbonyl (C=O) groups excluding carboxylic acids is 1. The molecule has 2 aliphatic heterocycles. The molecule has 1 amide bonds. The molecule has 0 aliphatic carbocycles. The molecule has 0 atom stereocenters. The Morgan fingerprint density at radius 1 is 1.07 bits per heavy atom. The van der Waals surface area contributed by atoms with Crippen LogP contribution in [-0.2, 0) is 9.53 Å². The Labute approximate surface area is 241 Å². The molecule has 2 fully saturated rings. The van der Waals surface area contributed by atoms with Gasteiger partial charge in [0.2, 0.25) is 5.91 Å². The summed E-state index contributed by atoms with van der Waals surface area (Å²) >= 11 is 0. The maximum atomic E-state index is 12.4. The van der Waals surface area contributed by atoms with Crippen molar-refractivity contribution in [3.8, 4) is 17.2 Å². The molecule has 42 heavy (non-hydrogen) atoms. The second-order valence-corrected chi connectivity index (χ2v) is 10.6. The van der Waals surface area contributed by atoms with Crippen molar-refractivity contribution in [3.63, 3.8) is 0 Å². The molecular weight excluding hydrogens is 536 g/mol. The maximum absolute atomic E-state index is 12.4. The molecule has 7 rings (SSSR count). The predicted molar refractivity (Wildman–Crippen MR) is 158 cm³/mol. The summed E-state index contributed by atoms with van der Waals surface area (Å²) in [5.41, 5.74) is 4.78. The van der Waals surface area contributed by atoms with Crippen LogP contribution in [0.1, 0.15) is 5.56 Å². The first-order chi connectivity index (χ1) is 20.4. The number of hydrogen-bond acceptors (Lipinski definition) is 10. The zero-order valence-electron chi connectivity index (χ0n) is 23.1. The first-order valence-corrected chi connectivity index (χ1v) is 13.4. The highest BCUT2D eigenvalue weighted by atomic mass is 16.5. The first kappa shape index (κ1) is 25.7. The summed E-state index contributed by atoms with van der Waals surface area (Å²) in [6, 6.07) is 11.3. The average Bonchev–Trinajstić information content (AvgIpc) is 3.41. The lowest BCUT2D eigenvalue weighted by Gasteiger charge is -2.56. The topological polar surface area (TPSA) is 128 Å². The number of aryl methyl sites for hydroxylation is 1. The van der Waals surface area contributed by atoms with Crippen molar-refractivity contribution < 1.29 is 19.0 Å². The summed E-state index contributed by atoms with van der Waals surface area (Å²) < 4.78 is 19.0. The second-order valence-electron chi connectivity index (χ2n) is 10.6. The number of amides is 1. The maximum Gasteiger partial charge on any atom is 0.247 e. The number of hydrogen-bond donors (Lipinski definition) is 2. The fourth-order valence-corrected chi connectivity index (χ4v) is 5.40. The molecule has 212 valence electrons. The van der Waals surface area contributed by atoms with E-state index >= 15 is 0 Å². The molecule has 0 saturated carbocycles. The molecule has 3 aromatic heterocycles. The molecule has 0 radical (unpaired) electrons. The predicted octanol–water partition coefficient (Wildman–Crippen LogP) is 4.49. The standard InChI is InChI=1S/C30H28N8O4/c1-4-28(39)35-22-9-20-21(10-24(22)37-12-30(13-37)14-41-15-30)31-16-33-29(20)36-23-7-18(2)25(11-26(23)40-3)42-19-5-6-38-27(8-19)32-17-34-38/h4-11,16-17H,1,12-15H2,2-3H3,(H,35,39)(H,31,33,36). The minimum atomic E-state index is -0.291. The smallest absolute Gasteiger partial charge is 0.247 e. The van der Waals surface area contributed by atoms with Gasteiger partial charge in [-0.25, -0.2) is 19.5 Å². The van der Waals surface area contributed by atoms with Gasteiger partial charge >= 0.3 is 0 Å². The van der Waals surface area contributed by atoms with E-state index in [1.54, 1.807) is 17.8 Å². The van der Waals surface area contributed by atoms with Gasteiger partial charge in [-0.2, -0.15) is 5.10 Å². The first-order valence-electron chi connectivity index (χ1n) is 13.4. The molecule has 2 aliphatic rings. The minimum absolute atomic E-state index is 0.209. The number of ether oxygens (including phenoxy) is 3. The molecule has 12 heteroatoms. The van der Waals surface area contributed by atoms with Crippen molar-refractivity contribution in [1.29, 1.82) is 0 Å². The number of methoxy groups -OCH3 is 1. The number of aromatic nitrogens is 5. The summed E-state index contributed by atoms with van der Waals surface area (Å²) in [6.45, 7) is 8.83. The molecule has 5 aromatic rings. The van der Waals surface area contributed by atoms with Gasteiger partial charge in [0, 0.05) is 36.8 Å². The highest BCUT2D eigenvalue weighted by Gasteiger charge is 2.49. The highest BCUT2D eigenvalue weighted by Crippen LogP contribution is 2.44. The van der Waals surface area contributed by atoms with Crippen LogP contribution in [0.5, 0.6) is 17.2 Å². The van der Waals surface area contributed by atoms with Crippen LogP contribution in [-0.4, -0.2) is 63.9 Å². The molecule has 5 heterocycles. The highest BCUT2D eigenvalue weighted by molar-refractivity contribution is 6.05. The lowest BCUT2D eigenvalue weighted by molar-refractivity contribution is -0.127. The van der Waals surface area contributed by atoms with E-state index in [2.05, 4.69) is 42.2 Å². The summed E-state index contributed by atoms with van der Waals surface area (Å²) in [6.07, 6.45) is 6.06. The number of benzene rings is 2. The van der Waals surface area contributed by atoms with Crippen molar-refractivity contribution >= 4 is 45.3 Å². The Balaban J connectivity index is 1.21. The third kappa shape index (κ3) is 4.51. The number of pyridine rings is 1. The van der Waals surface area contributed by atoms with E-state index in [-0.39, 0.29) is 11.3 Å². The van der Waals surface area contributed by atoms with E-state index in [9.17, 15) is 4.79 Å².